The first-order valence-electron chi connectivity index (χ1n) is 4.40. The summed E-state index contributed by atoms with van der Waals surface area (Å²) in [7, 11) is 0. The minimum Gasteiger partial charge on any atom is -0.207 e. The molecule has 0 saturated carbocycles. The van der Waals surface area contributed by atoms with Gasteiger partial charge in [-0.3, -0.25) is 0 Å². The Bertz CT molecular complexity index is 253. The third-order valence-electron chi connectivity index (χ3n) is 1.95. The first-order valence-corrected chi connectivity index (χ1v) is 4.40. The molecule has 0 fully saturated rings. The van der Waals surface area contributed by atoms with Gasteiger partial charge in [-0.15, -0.1) is 0 Å². The molecule has 1 heteroatoms. The summed E-state index contributed by atoms with van der Waals surface area (Å²) in [6, 6.07) is 6.25. The SMILES string of the molecule is CCCCc1[c]cc(F)c(C)c1. The van der Waals surface area contributed by atoms with E-state index < -0.39 is 0 Å². The second-order valence-corrected chi connectivity index (χ2v) is 3.09. The molecule has 0 aliphatic carbocycles. The Labute approximate surface area is 73.4 Å². The average molecular weight is 165 g/mol. The van der Waals surface area contributed by atoms with Crippen LogP contribution in [0.1, 0.15) is 30.9 Å². The van der Waals surface area contributed by atoms with E-state index in [0.717, 1.165) is 24.0 Å². The van der Waals surface area contributed by atoms with E-state index in [1.165, 1.54) is 12.5 Å². The number of aryl methyl sites for hydroxylation is 2. The minimum absolute atomic E-state index is 0.157. The normalized spacial score (nSPS) is 10.2. The van der Waals surface area contributed by atoms with Crippen molar-refractivity contribution < 1.29 is 4.39 Å². The summed E-state index contributed by atoms with van der Waals surface area (Å²) in [4.78, 5) is 0. The lowest BCUT2D eigenvalue weighted by molar-refractivity contribution is 0.616. The van der Waals surface area contributed by atoms with Crippen molar-refractivity contribution in [3.8, 4) is 0 Å². The number of halogens is 1. The highest BCUT2D eigenvalue weighted by Gasteiger charge is 1.98. The topological polar surface area (TPSA) is 0 Å². The van der Waals surface area contributed by atoms with Gasteiger partial charge in [-0.2, -0.15) is 0 Å². The van der Waals surface area contributed by atoms with Crippen LogP contribution < -0.4 is 0 Å². The Hall–Kier alpha value is -0.850. The van der Waals surface area contributed by atoms with Crippen LogP contribution in [-0.4, -0.2) is 0 Å². The Morgan fingerprint density at radius 1 is 1.50 bits per heavy atom. The van der Waals surface area contributed by atoms with Crippen molar-refractivity contribution in [3.63, 3.8) is 0 Å². The van der Waals surface area contributed by atoms with Crippen molar-refractivity contribution in [1.82, 2.24) is 0 Å². The smallest absolute Gasteiger partial charge is 0.126 e. The monoisotopic (exact) mass is 165 g/mol. The Morgan fingerprint density at radius 2 is 2.25 bits per heavy atom. The maximum absolute atomic E-state index is 12.8. The standard InChI is InChI=1S/C11H14F/c1-3-4-5-10-6-7-11(12)9(2)8-10/h7-8H,3-5H2,1-2H3. The molecule has 0 bridgehead atoms. The van der Waals surface area contributed by atoms with Crippen LogP contribution in [0, 0.1) is 18.8 Å². The summed E-state index contributed by atoms with van der Waals surface area (Å²) < 4.78 is 12.8. The predicted molar refractivity (Wildman–Crippen MR) is 48.6 cm³/mol. The number of hydrogen-bond donors (Lipinski definition) is 0. The molecular weight excluding hydrogens is 151 g/mol. The molecule has 0 aliphatic heterocycles. The molecule has 0 spiro atoms. The van der Waals surface area contributed by atoms with Crippen LogP contribution in [0.15, 0.2) is 12.1 Å². The van der Waals surface area contributed by atoms with Crippen molar-refractivity contribution in [2.75, 3.05) is 0 Å². The van der Waals surface area contributed by atoms with Crippen LogP contribution in [0.2, 0.25) is 0 Å². The van der Waals surface area contributed by atoms with E-state index in [-0.39, 0.29) is 5.82 Å². The lowest BCUT2D eigenvalue weighted by Crippen LogP contribution is -1.88. The number of rotatable bonds is 3. The van der Waals surface area contributed by atoms with Gasteiger partial charge in [0.25, 0.3) is 0 Å². The van der Waals surface area contributed by atoms with Gasteiger partial charge in [0.15, 0.2) is 0 Å². The lowest BCUT2D eigenvalue weighted by atomic mass is 10.1. The van der Waals surface area contributed by atoms with Crippen LogP contribution in [0.4, 0.5) is 4.39 Å². The summed E-state index contributed by atoms with van der Waals surface area (Å²) in [5, 5.41) is 0. The summed E-state index contributed by atoms with van der Waals surface area (Å²) in [6.07, 6.45) is 3.34. The van der Waals surface area contributed by atoms with Gasteiger partial charge < -0.3 is 0 Å². The fourth-order valence-electron chi connectivity index (χ4n) is 1.15. The van der Waals surface area contributed by atoms with Gasteiger partial charge in [-0.1, -0.05) is 19.4 Å². The molecule has 0 amide bonds. The molecule has 0 atom stereocenters. The zero-order chi connectivity index (χ0) is 8.97. The Morgan fingerprint density at radius 3 is 2.83 bits per heavy atom. The van der Waals surface area contributed by atoms with Gasteiger partial charge in [-0.05, 0) is 43.0 Å². The maximum Gasteiger partial charge on any atom is 0.126 e. The van der Waals surface area contributed by atoms with E-state index in [1.807, 2.05) is 6.07 Å². The fourth-order valence-corrected chi connectivity index (χ4v) is 1.15. The third kappa shape index (κ3) is 2.33. The van der Waals surface area contributed by atoms with Crippen LogP contribution in [0.5, 0.6) is 0 Å². The molecule has 0 nitrogen and oxygen atoms in total. The number of hydrogen-bond acceptors (Lipinski definition) is 0. The zero-order valence-corrected chi connectivity index (χ0v) is 7.65. The highest BCUT2D eigenvalue weighted by Crippen LogP contribution is 2.10. The lowest BCUT2D eigenvalue weighted by Gasteiger charge is -2.01. The van der Waals surface area contributed by atoms with Crippen molar-refractivity contribution >= 4 is 0 Å². The minimum atomic E-state index is -0.157. The van der Waals surface area contributed by atoms with E-state index in [9.17, 15) is 4.39 Å². The molecule has 0 N–H and O–H groups in total. The summed E-state index contributed by atoms with van der Waals surface area (Å²) >= 11 is 0. The van der Waals surface area contributed by atoms with Gasteiger partial charge in [0, 0.05) is 0 Å². The predicted octanol–water partition coefficient (Wildman–Crippen LogP) is 3.28. The molecule has 0 aliphatic rings. The summed E-state index contributed by atoms with van der Waals surface area (Å²) in [5.74, 6) is -0.157. The van der Waals surface area contributed by atoms with Crippen molar-refractivity contribution in [1.29, 1.82) is 0 Å². The Kier molecular flexibility index (Phi) is 3.27. The second kappa shape index (κ2) is 4.24. The molecule has 1 aromatic rings. The van der Waals surface area contributed by atoms with Crippen LogP contribution in [0.25, 0.3) is 0 Å². The molecule has 1 radical (unpaired) electrons. The van der Waals surface area contributed by atoms with E-state index in [0.29, 0.717) is 0 Å². The maximum atomic E-state index is 12.8. The van der Waals surface area contributed by atoms with Crippen LogP contribution in [0.3, 0.4) is 0 Å². The first kappa shape index (κ1) is 9.24. The molecule has 1 aromatic carbocycles. The molecule has 65 valence electrons. The van der Waals surface area contributed by atoms with Crippen molar-refractivity contribution in [3.05, 3.63) is 35.1 Å². The first-order chi connectivity index (χ1) is 5.74. The van der Waals surface area contributed by atoms with Crippen LogP contribution in [-0.2, 0) is 6.42 Å². The van der Waals surface area contributed by atoms with Gasteiger partial charge in [0.1, 0.15) is 5.82 Å². The van der Waals surface area contributed by atoms with Gasteiger partial charge >= 0.3 is 0 Å². The van der Waals surface area contributed by atoms with E-state index in [4.69, 9.17) is 0 Å². The Balaban J connectivity index is 2.69. The molecule has 0 aromatic heterocycles. The van der Waals surface area contributed by atoms with Gasteiger partial charge in [0.2, 0.25) is 0 Å². The van der Waals surface area contributed by atoms with E-state index in [2.05, 4.69) is 13.0 Å². The van der Waals surface area contributed by atoms with Gasteiger partial charge in [0.05, 0.1) is 0 Å². The van der Waals surface area contributed by atoms with Crippen LogP contribution >= 0.6 is 0 Å². The van der Waals surface area contributed by atoms with E-state index in [1.54, 1.807) is 6.92 Å². The second-order valence-electron chi connectivity index (χ2n) is 3.09. The quantitative estimate of drug-likeness (QED) is 0.644. The number of unbranched alkanes of at least 4 members (excludes halogenated alkanes) is 1. The van der Waals surface area contributed by atoms with Crippen molar-refractivity contribution in [2.24, 2.45) is 0 Å². The highest BCUT2D eigenvalue weighted by molar-refractivity contribution is 5.22. The van der Waals surface area contributed by atoms with Gasteiger partial charge in [-0.25, -0.2) is 4.39 Å². The molecular formula is C11H14F. The molecule has 1 rings (SSSR count). The number of benzene rings is 1. The largest absolute Gasteiger partial charge is 0.207 e. The van der Waals surface area contributed by atoms with E-state index >= 15 is 0 Å². The molecule has 12 heavy (non-hydrogen) atoms. The molecule has 0 unspecified atom stereocenters. The van der Waals surface area contributed by atoms with Crippen molar-refractivity contribution in [2.45, 2.75) is 33.1 Å². The zero-order valence-electron chi connectivity index (χ0n) is 7.65. The fraction of sp³-hybridized carbons (Fsp3) is 0.455. The third-order valence-corrected chi connectivity index (χ3v) is 1.95. The molecule has 0 heterocycles. The molecule has 0 saturated heterocycles. The summed E-state index contributed by atoms with van der Waals surface area (Å²) in [5.41, 5.74) is 1.84. The highest BCUT2D eigenvalue weighted by atomic mass is 19.1. The summed E-state index contributed by atoms with van der Waals surface area (Å²) in [6.45, 7) is 3.94. The average Bonchev–Trinajstić information content (AvgIpc) is 2.07.